The normalized spacial score (nSPS) is 18.4. The molecule has 166 valence electrons. The van der Waals surface area contributed by atoms with Crippen LogP contribution in [0.1, 0.15) is 54.1 Å². The Hall–Kier alpha value is -3.10. The molecule has 0 spiro atoms. The minimum atomic E-state index is -4.39. The molecule has 2 atom stereocenters. The van der Waals surface area contributed by atoms with Crippen LogP contribution >= 0.6 is 0 Å². The first kappa shape index (κ1) is 22.6. The zero-order chi connectivity index (χ0) is 22.8. The van der Waals surface area contributed by atoms with Gasteiger partial charge in [0.05, 0.1) is 16.9 Å². The number of carbonyl (C=O) groups is 2. The third kappa shape index (κ3) is 5.34. The Bertz CT molecular complexity index is 994. The van der Waals surface area contributed by atoms with Crippen LogP contribution in [0.15, 0.2) is 36.4 Å². The van der Waals surface area contributed by atoms with Crippen LogP contribution in [0.3, 0.4) is 0 Å². The van der Waals surface area contributed by atoms with Gasteiger partial charge in [-0.15, -0.1) is 0 Å². The molecule has 1 amide bonds. The summed E-state index contributed by atoms with van der Waals surface area (Å²) in [7, 11) is 0. The highest BCUT2D eigenvalue weighted by molar-refractivity contribution is 5.77. The zero-order valence-electron chi connectivity index (χ0n) is 17.2. The summed E-state index contributed by atoms with van der Waals surface area (Å²) in [6.45, 7) is 3.73. The number of carboxylic acids is 1. The predicted molar refractivity (Wildman–Crippen MR) is 108 cm³/mol. The highest BCUT2D eigenvalue weighted by atomic mass is 19.4. The third-order valence-corrected chi connectivity index (χ3v) is 5.38. The molecule has 0 bridgehead atoms. The van der Waals surface area contributed by atoms with Crippen molar-refractivity contribution in [3.05, 3.63) is 58.9 Å². The molecule has 0 fully saturated rings. The van der Waals surface area contributed by atoms with Gasteiger partial charge in [-0.25, -0.2) is 4.68 Å². The Morgan fingerprint density at radius 1 is 1.16 bits per heavy atom. The third-order valence-electron chi connectivity index (χ3n) is 5.38. The molecule has 0 saturated carbocycles. The second-order valence-corrected chi connectivity index (χ2v) is 7.69. The molecule has 1 heterocycles. The number of carbonyl (C=O) groups excluding carboxylic acids is 1. The first-order valence-corrected chi connectivity index (χ1v) is 9.99. The zero-order valence-corrected chi connectivity index (χ0v) is 17.2. The smallest absolute Gasteiger partial charge is 0.416 e. The number of alkyl halides is 3. The van der Waals surface area contributed by atoms with E-state index in [2.05, 4.69) is 10.4 Å². The molecular formula is C22H24F3N3O3. The van der Waals surface area contributed by atoms with Gasteiger partial charge >= 0.3 is 12.1 Å². The van der Waals surface area contributed by atoms with Gasteiger partial charge in [-0.3, -0.25) is 9.59 Å². The highest BCUT2D eigenvalue weighted by Gasteiger charge is 2.30. The molecule has 2 unspecified atom stereocenters. The van der Waals surface area contributed by atoms with Crippen molar-refractivity contribution in [2.45, 2.75) is 57.7 Å². The monoisotopic (exact) mass is 435 g/mol. The van der Waals surface area contributed by atoms with Crippen molar-refractivity contribution in [1.29, 1.82) is 0 Å². The number of carboxylic acid groups (broad SMARTS) is 1. The van der Waals surface area contributed by atoms with Crippen molar-refractivity contribution in [2.75, 3.05) is 0 Å². The summed E-state index contributed by atoms with van der Waals surface area (Å²) in [5.74, 6) is -1.09. The summed E-state index contributed by atoms with van der Waals surface area (Å²) in [4.78, 5) is 22.6. The lowest BCUT2D eigenvalue weighted by Crippen LogP contribution is -2.32. The fraction of sp³-hybridized carbons (Fsp3) is 0.409. The number of hydrogen-bond donors (Lipinski definition) is 2. The van der Waals surface area contributed by atoms with Crippen molar-refractivity contribution in [1.82, 2.24) is 15.1 Å². The van der Waals surface area contributed by atoms with Crippen molar-refractivity contribution in [2.24, 2.45) is 0 Å². The van der Waals surface area contributed by atoms with Gasteiger partial charge in [0.15, 0.2) is 0 Å². The number of rotatable bonds is 7. The van der Waals surface area contributed by atoms with Crippen LogP contribution in [0, 0.1) is 13.8 Å². The second kappa shape index (κ2) is 8.95. The Morgan fingerprint density at radius 2 is 1.84 bits per heavy atom. The molecule has 1 aromatic heterocycles. The fourth-order valence-corrected chi connectivity index (χ4v) is 3.93. The molecule has 1 aliphatic carbocycles. The first-order valence-electron chi connectivity index (χ1n) is 9.99. The average molecular weight is 435 g/mol. The minimum Gasteiger partial charge on any atom is -0.481 e. The van der Waals surface area contributed by atoms with Crippen molar-refractivity contribution < 1.29 is 27.9 Å². The maximum Gasteiger partial charge on any atom is 0.416 e. The van der Waals surface area contributed by atoms with E-state index >= 15 is 0 Å². The average Bonchev–Trinajstić information content (AvgIpc) is 3.24. The number of nitrogens with zero attached hydrogens (tertiary/aromatic N) is 2. The summed E-state index contributed by atoms with van der Waals surface area (Å²) in [5, 5.41) is 16.1. The Labute approximate surface area is 177 Å². The number of nitrogens with one attached hydrogen (secondary N) is 1. The molecule has 0 saturated heterocycles. The summed E-state index contributed by atoms with van der Waals surface area (Å²) in [5.41, 5.74) is 2.43. The number of benzene rings is 1. The maximum absolute atomic E-state index is 12.8. The molecule has 0 radical (unpaired) electrons. The molecule has 3 rings (SSSR count). The van der Waals surface area contributed by atoms with E-state index in [1.807, 2.05) is 26.0 Å². The number of allylic oxidation sites excluding steroid dienone is 1. The van der Waals surface area contributed by atoms with E-state index in [0.717, 1.165) is 29.1 Å². The van der Waals surface area contributed by atoms with Gasteiger partial charge in [-0.1, -0.05) is 12.2 Å². The number of halogens is 3. The molecular weight excluding hydrogens is 411 g/mol. The van der Waals surface area contributed by atoms with Crippen molar-refractivity contribution >= 4 is 11.9 Å². The largest absolute Gasteiger partial charge is 0.481 e. The summed E-state index contributed by atoms with van der Waals surface area (Å²) in [6, 6.07) is 4.72. The number of hydrogen-bond acceptors (Lipinski definition) is 3. The van der Waals surface area contributed by atoms with Crippen molar-refractivity contribution in [3.63, 3.8) is 0 Å². The highest BCUT2D eigenvalue weighted by Crippen LogP contribution is 2.34. The van der Waals surface area contributed by atoms with E-state index in [1.54, 1.807) is 4.68 Å². The standard InChI is InChI=1S/C22H24F3N3O3/c1-13-21(15-6-9-17(12-15)26-19(29)4-3-5-20(30)31)14(2)28(27-13)18-10-7-16(8-11-18)22(23,24)25/h6-11,15,17H,3-5,12H2,1-2H3,(H,26,29)(H,30,31). The lowest BCUT2D eigenvalue weighted by molar-refractivity contribution is -0.138. The van der Waals surface area contributed by atoms with Crippen LogP contribution in [0.4, 0.5) is 13.2 Å². The van der Waals surface area contributed by atoms with Crippen LogP contribution in [-0.4, -0.2) is 32.8 Å². The molecule has 0 aliphatic heterocycles. The summed E-state index contributed by atoms with van der Waals surface area (Å²) >= 11 is 0. The topological polar surface area (TPSA) is 84.2 Å². The van der Waals surface area contributed by atoms with E-state index < -0.39 is 17.7 Å². The van der Waals surface area contributed by atoms with E-state index in [4.69, 9.17) is 5.11 Å². The number of amides is 1. The molecule has 6 nitrogen and oxygen atoms in total. The molecule has 2 aromatic rings. The van der Waals surface area contributed by atoms with Gasteiger partial charge in [-0.2, -0.15) is 18.3 Å². The predicted octanol–water partition coefficient (Wildman–Crippen LogP) is 4.29. The molecule has 1 aliphatic rings. The van der Waals surface area contributed by atoms with Crippen LogP contribution in [0.25, 0.3) is 5.69 Å². The Kier molecular flexibility index (Phi) is 6.52. The molecule has 9 heteroatoms. The van der Waals surface area contributed by atoms with Gasteiger partial charge in [-0.05, 0) is 51.0 Å². The summed E-state index contributed by atoms with van der Waals surface area (Å²) in [6.07, 6.45) is 0.568. The Balaban J connectivity index is 1.68. The molecule has 1 aromatic carbocycles. The van der Waals surface area contributed by atoms with E-state index in [9.17, 15) is 22.8 Å². The fourth-order valence-electron chi connectivity index (χ4n) is 3.93. The lowest BCUT2D eigenvalue weighted by Gasteiger charge is -2.15. The van der Waals surface area contributed by atoms with E-state index in [0.29, 0.717) is 18.5 Å². The summed E-state index contributed by atoms with van der Waals surface area (Å²) < 4.78 is 40.1. The maximum atomic E-state index is 12.8. The van der Waals surface area contributed by atoms with Gasteiger partial charge in [0.25, 0.3) is 0 Å². The van der Waals surface area contributed by atoms with Crippen LogP contribution in [0.2, 0.25) is 0 Å². The van der Waals surface area contributed by atoms with Crippen molar-refractivity contribution in [3.8, 4) is 5.69 Å². The van der Waals surface area contributed by atoms with Gasteiger partial charge in [0, 0.05) is 36.1 Å². The number of aromatic nitrogens is 2. The molecule has 31 heavy (non-hydrogen) atoms. The Morgan fingerprint density at radius 3 is 2.45 bits per heavy atom. The number of aryl methyl sites for hydroxylation is 1. The van der Waals surface area contributed by atoms with E-state index in [1.165, 1.54) is 12.1 Å². The number of aliphatic carboxylic acids is 1. The van der Waals surface area contributed by atoms with Gasteiger partial charge in [0.2, 0.25) is 5.91 Å². The minimum absolute atomic E-state index is 0.0208. The van der Waals surface area contributed by atoms with E-state index in [-0.39, 0.29) is 30.7 Å². The lowest BCUT2D eigenvalue weighted by atomic mass is 9.96. The molecule has 2 N–H and O–H groups in total. The van der Waals surface area contributed by atoms with Crippen LogP contribution < -0.4 is 5.32 Å². The van der Waals surface area contributed by atoms with Crippen LogP contribution in [-0.2, 0) is 15.8 Å². The second-order valence-electron chi connectivity index (χ2n) is 7.69. The quantitative estimate of drug-likeness (QED) is 0.636. The van der Waals surface area contributed by atoms with Gasteiger partial charge in [0.1, 0.15) is 0 Å². The first-order chi connectivity index (χ1) is 14.6. The van der Waals surface area contributed by atoms with Crippen LogP contribution in [0.5, 0.6) is 0 Å². The SMILES string of the molecule is Cc1nn(-c2ccc(C(F)(F)F)cc2)c(C)c1C1C=CC(NC(=O)CCCC(=O)O)C1. The van der Waals surface area contributed by atoms with Gasteiger partial charge < -0.3 is 10.4 Å².